The van der Waals surface area contributed by atoms with Crippen molar-refractivity contribution in [2.24, 2.45) is 0 Å². The molecule has 0 aliphatic carbocycles. The second-order valence-corrected chi connectivity index (χ2v) is 6.08. The molecule has 0 saturated heterocycles. The predicted octanol–water partition coefficient (Wildman–Crippen LogP) is 3.37. The lowest BCUT2D eigenvalue weighted by atomic mass is 10.1. The van der Waals surface area contributed by atoms with Gasteiger partial charge in [0.15, 0.2) is 0 Å². The molecule has 0 amide bonds. The summed E-state index contributed by atoms with van der Waals surface area (Å²) in [6, 6.07) is 3.78. The van der Waals surface area contributed by atoms with E-state index in [4.69, 9.17) is 0 Å². The summed E-state index contributed by atoms with van der Waals surface area (Å²) in [7, 11) is 0. The Kier molecular flexibility index (Phi) is 3.91. The van der Waals surface area contributed by atoms with Crippen LogP contribution in [0.5, 0.6) is 0 Å². The molecule has 0 aliphatic heterocycles. The SMILES string of the molecule is CC(C)(C)NCc1snnc1-c1c(F)cccc1F. The molecule has 1 aromatic carbocycles. The van der Waals surface area contributed by atoms with E-state index < -0.39 is 11.6 Å². The Labute approximate surface area is 114 Å². The molecule has 102 valence electrons. The fourth-order valence-corrected chi connectivity index (χ4v) is 2.17. The molecule has 1 heterocycles. The lowest BCUT2D eigenvalue weighted by molar-refractivity contribution is 0.426. The number of rotatable bonds is 3. The van der Waals surface area contributed by atoms with Crippen molar-refractivity contribution in [2.45, 2.75) is 32.9 Å². The fourth-order valence-electron chi connectivity index (χ4n) is 1.58. The molecule has 2 rings (SSSR count). The topological polar surface area (TPSA) is 37.8 Å². The largest absolute Gasteiger partial charge is 0.307 e. The minimum Gasteiger partial charge on any atom is -0.307 e. The highest BCUT2D eigenvalue weighted by atomic mass is 32.1. The molecule has 0 bridgehead atoms. The molecule has 1 aromatic heterocycles. The van der Waals surface area contributed by atoms with Crippen molar-refractivity contribution in [3.05, 3.63) is 34.7 Å². The van der Waals surface area contributed by atoms with Crippen LogP contribution in [0, 0.1) is 11.6 Å². The summed E-state index contributed by atoms with van der Waals surface area (Å²) in [5, 5.41) is 7.12. The molecule has 6 heteroatoms. The molecule has 0 aliphatic rings. The summed E-state index contributed by atoms with van der Waals surface area (Å²) in [4.78, 5) is 0.721. The van der Waals surface area contributed by atoms with Crippen LogP contribution in [0.4, 0.5) is 8.78 Å². The first-order valence-corrected chi connectivity index (χ1v) is 6.66. The number of nitrogens with zero attached hydrogens (tertiary/aromatic N) is 2. The van der Waals surface area contributed by atoms with Gasteiger partial charge >= 0.3 is 0 Å². The van der Waals surface area contributed by atoms with Crippen molar-refractivity contribution in [1.82, 2.24) is 14.9 Å². The van der Waals surface area contributed by atoms with Gasteiger partial charge in [0.2, 0.25) is 0 Å². The lowest BCUT2D eigenvalue weighted by Gasteiger charge is -2.20. The van der Waals surface area contributed by atoms with E-state index in [2.05, 4.69) is 14.9 Å². The van der Waals surface area contributed by atoms with Crippen LogP contribution < -0.4 is 5.32 Å². The molecule has 0 spiro atoms. The minimum atomic E-state index is -0.621. The summed E-state index contributed by atoms with van der Waals surface area (Å²) in [5.74, 6) is -1.24. The number of nitrogens with one attached hydrogen (secondary N) is 1. The van der Waals surface area contributed by atoms with Crippen molar-refractivity contribution in [1.29, 1.82) is 0 Å². The molecule has 0 atom stereocenters. The minimum absolute atomic E-state index is 0.0883. The number of aromatic nitrogens is 2. The molecule has 2 aromatic rings. The van der Waals surface area contributed by atoms with Gasteiger partial charge in [-0.3, -0.25) is 0 Å². The standard InChI is InChI=1S/C13H15F2N3S/c1-13(2,3)16-7-10-12(17-18-19-10)11-8(14)5-4-6-9(11)15/h4-6,16H,7H2,1-3H3. The van der Waals surface area contributed by atoms with Crippen molar-refractivity contribution in [2.75, 3.05) is 0 Å². The zero-order chi connectivity index (χ0) is 14.0. The molecular weight excluding hydrogens is 268 g/mol. The number of hydrogen-bond donors (Lipinski definition) is 1. The Morgan fingerprint density at radius 3 is 2.42 bits per heavy atom. The van der Waals surface area contributed by atoms with Crippen LogP contribution in [-0.2, 0) is 6.54 Å². The highest BCUT2D eigenvalue weighted by Crippen LogP contribution is 2.29. The van der Waals surface area contributed by atoms with Gasteiger partial charge in [0.05, 0.1) is 10.4 Å². The maximum absolute atomic E-state index is 13.7. The van der Waals surface area contributed by atoms with Crippen LogP contribution >= 0.6 is 11.5 Å². The Balaban J connectivity index is 2.34. The third-order valence-electron chi connectivity index (χ3n) is 2.53. The number of hydrogen-bond acceptors (Lipinski definition) is 4. The fraction of sp³-hybridized carbons (Fsp3) is 0.385. The van der Waals surface area contributed by atoms with Crippen molar-refractivity contribution in [3.8, 4) is 11.3 Å². The average molecular weight is 283 g/mol. The second-order valence-electron chi connectivity index (χ2n) is 5.24. The summed E-state index contributed by atoms with van der Waals surface area (Å²) >= 11 is 1.15. The van der Waals surface area contributed by atoms with E-state index in [1.807, 2.05) is 20.8 Å². The molecule has 1 N–H and O–H groups in total. The van der Waals surface area contributed by atoms with Crippen LogP contribution in [0.1, 0.15) is 25.6 Å². The molecule has 19 heavy (non-hydrogen) atoms. The first-order valence-electron chi connectivity index (χ1n) is 5.89. The first kappa shape index (κ1) is 14.0. The average Bonchev–Trinajstić information content (AvgIpc) is 2.73. The summed E-state index contributed by atoms with van der Waals surface area (Å²) in [6.07, 6.45) is 0. The van der Waals surface area contributed by atoms with E-state index in [9.17, 15) is 8.78 Å². The predicted molar refractivity (Wildman–Crippen MR) is 71.9 cm³/mol. The zero-order valence-corrected chi connectivity index (χ0v) is 11.8. The summed E-state index contributed by atoms with van der Waals surface area (Å²) in [5.41, 5.74) is 0.0778. The van der Waals surface area contributed by atoms with E-state index in [0.717, 1.165) is 16.4 Å². The lowest BCUT2D eigenvalue weighted by Crippen LogP contribution is -2.34. The van der Waals surface area contributed by atoms with Gasteiger partial charge in [-0.2, -0.15) is 0 Å². The second kappa shape index (κ2) is 5.30. The summed E-state index contributed by atoms with van der Waals surface area (Å²) in [6.45, 7) is 6.53. The Bertz CT molecular complexity index is 555. The molecule has 0 saturated carbocycles. The molecule has 0 radical (unpaired) electrons. The van der Waals surface area contributed by atoms with Crippen molar-refractivity contribution in [3.63, 3.8) is 0 Å². The van der Waals surface area contributed by atoms with E-state index in [1.54, 1.807) is 0 Å². The Hall–Kier alpha value is -1.40. The molecule has 3 nitrogen and oxygen atoms in total. The number of halogens is 2. The van der Waals surface area contributed by atoms with E-state index in [-0.39, 0.29) is 16.8 Å². The third kappa shape index (κ3) is 3.33. The van der Waals surface area contributed by atoms with Crippen LogP contribution in [0.3, 0.4) is 0 Å². The smallest absolute Gasteiger partial charge is 0.135 e. The molecule has 0 unspecified atom stereocenters. The van der Waals surface area contributed by atoms with Crippen LogP contribution in [0.2, 0.25) is 0 Å². The van der Waals surface area contributed by atoms with Gasteiger partial charge in [0, 0.05) is 12.1 Å². The highest BCUT2D eigenvalue weighted by Gasteiger charge is 2.19. The van der Waals surface area contributed by atoms with Gasteiger partial charge in [-0.25, -0.2) is 8.78 Å². The first-order chi connectivity index (χ1) is 8.88. The Morgan fingerprint density at radius 1 is 1.21 bits per heavy atom. The molecular formula is C13H15F2N3S. The maximum Gasteiger partial charge on any atom is 0.135 e. The van der Waals surface area contributed by atoms with Crippen LogP contribution in [0.25, 0.3) is 11.3 Å². The van der Waals surface area contributed by atoms with Gasteiger partial charge in [-0.05, 0) is 44.4 Å². The van der Waals surface area contributed by atoms with Gasteiger partial charge < -0.3 is 5.32 Å². The third-order valence-corrected chi connectivity index (χ3v) is 3.26. The van der Waals surface area contributed by atoms with Gasteiger partial charge in [-0.1, -0.05) is 10.6 Å². The Morgan fingerprint density at radius 2 is 1.84 bits per heavy atom. The van der Waals surface area contributed by atoms with Gasteiger partial charge in [-0.15, -0.1) is 5.10 Å². The zero-order valence-electron chi connectivity index (χ0n) is 11.0. The monoisotopic (exact) mass is 283 g/mol. The highest BCUT2D eigenvalue weighted by molar-refractivity contribution is 7.05. The number of benzene rings is 1. The van der Waals surface area contributed by atoms with Crippen LogP contribution in [-0.4, -0.2) is 15.1 Å². The normalized spacial score (nSPS) is 11.8. The van der Waals surface area contributed by atoms with Gasteiger partial charge in [0.1, 0.15) is 17.3 Å². The molecule has 0 fully saturated rings. The van der Waals surface area contributed by atoms with Crippen molar-refractivity contribution >= 4 is 11.5 Å². The van der Waals surface area contributed by atoms with E-state index >= 15 is 0 Å². The van der Waals surface area contributed by atoms with Gasteiger partial charge in [0.25, 0.3) is 0 Å². The summed E-state index contributed by atoms with van der Waals surface area (Å²) < 4.78 is 31.3. The maximum atomic E-state index is 13.7. The van der Waals surface area contributed by atoms with Crippen LogP contribution in [0.15, 0.2) is 18.2 Å². The van der Waals surface area contributed by atoms with Crippen molar-refractivity contribution < 1.29 is 8.78 Å². The van der Waals surface area contributed by atoms with E-state index in [1.165, 1.54) is 18.2 Å². The quantitative estimate of drug-likeness (QED) is 0.938. The van der Waals surface area contributed by atoms with E-state index in [0.29, 0.717) is 6.54 Å².